The minimum absolute atomic E-state index is 0. The van der Waals surface area contributed by atoms with Crippen molar-refractivity contribution >= 4 is 30.7 Å². The van der Waals surface area contributed by atoms with Crippen LogP contribution in [0.4, 0.5) is 0 Å². The molecule has 0 saturated carbocycles. The number of carbonyl (C=O) groups is 1. The molecule has 3 heterocycles. The van der Waals surface area contributed by atoms with Crippen LogP contribution in [0.5, 0.6) is 5.75 Å². The van der Waals surface area contributed by atoms with Crippen molar-refractivity contribution in [3.8, 4) is 17.1 Å². The van der Waals surface area contributed by atoms with Crippen LogP contribution in [0, 0.1) is 0 Å². The van der Waals surface area contributed by atoms with E-state index in [0.717, 1.165) is 30.9 Å². The van der Waals surface area contributed by atoms with E-state index in [1.165, 1.54) is 0 Å². The molecule has 11 heteroatoms. The molecule has 2 fully saturated rings. The van der Waals surface area contributed by atoms with Crippen molar-refractivity contribution in [1.29, 1.82) is 0 Å². The monoisotopic (exact) mass is 459 g/mol. The Labute approximate surface area is 187 Å². The van der Waals surface area contributed by atoms with Crippen LogP contribution in [-0.2, 0) is 16.1 Å². The van der Waals surface area contributed by atoms with Gasteiger partial charge < -0.3 is 24.2 Å². The van der Waals surface area contributed by atoms with Crippen LogP contribution in [0.25, 0.3) is 11.4 Å². The second-order valence-electron chi connectivity index (χ2n) is 6.92. The lowest BCUT2D eigenvalue weighted by atomic mass is 10.2. The fourth-order valence-corrected chi connectivity index (χ4v) is 3.44. The first-order chi connectivity index (χ1) is 13.7. The zero-order valence-electron chi connectivity index (χ0n) is 16.8. The highest BCUT2D eigenvalue weighted by molar-refractivity contribution is 5.85. The van der Waals surface area contributed by atoms with Crippen LogP contribution in [-0.4, -0.2) is 84.9 Å². The molecule has 2 aliphatic rings. The van der Waals surface area contributed by atoms with Gasteiger partial charge in [0.15, 0.2) is 0 Å². The number of amides is 1. The molecule has 2 aliphatic heterocycles. The van der Waals surface area contributed by atoms with Crippen molar-refractivity contribution in [3.63, 3.8) is 0 Å². The minimum Gasteiger partial charge on any atom is -0.497 e. The lowest BCUT2D eigenvalue weighted by Crippen LogP contribution is -2.57. The Morgan fingerprint density at radius 1 is 1.20 bits per heavy atom. The van der Waals surface area contributed by atoms with Crippen molar-refractivity contribution in [3.05, 3.63) is 30.2 Å². The maximum absolute atomic E-state index is 12.5. The topological polar surface area (TPSA) is 93.0 Å². The Morgan fingerprint density at radius 3 is 2.57 bits per heavy atom. The van der Waals surface area contributed by atoms with Gasteiger partial charge in [0.25, 0.3) is 0 Å². The van der Waals surface area contributed by atoms with Crippen molar-refractivity contribution in [2.75, 3.05) is 53.0 Å². The Bertz CT molecular complexity index is 790. The molecule has 0 spiro atoms. The van der Waals surface area contributed by atoms with E-state index in [-0.39, 0.29) is 36.8 Å². The van der Waals surface area contributed by atoms with Gasteiger partial charge >= 0.3 is 0 Å². The van der Waals surface area contributed by atoms with Gasteiger partial charge in [0.2, 0.25) is 17.6 Å². The summed E-state index contributed by atoms with van der Waals surface area (Å²) in [6.45, 7) is 5.36. The van der Waals surface area contributed by atoms with E-state index in [1.807, 2.05) is 29.2 Å². The molecule has 1 aromatic carbocycles. The fraction of sp³-hybridized carbons (Fsp3) is 0.526. The Hall–Kier alpha value is -1.91. The number of nitrogens with one attached hydrogen (secondary N) is 1. The van der Waals surface area contributed by atoms with E-state index in [1.54, 1.807) is 7.11 Å². The van der Waals surface area contributed by atoms with Crippen molar-refractivity contribution < 1.29 is 18.8 Å². The summed E-state index contributed by atoms with van der Waals surface area (Å²) in [6.07, 6.45) is 0. The molecule has 4 rings (SSSR count). The van der Waals surface area contributed by atoms with Gasteiger partial charge in [-0.05, 0) is 24.3 Å². The number of methoxy groups -OCH3 is 1. The second-order valence-corrected chi connectivity index (χ2v) is 6.92. The molecule has 9 nitrogen and oxygen atoms in total. The standard InChI is InChI=1S/C19H25N5O4.2ClH/c1-26-15-4-2-14(3-5-15)18-21-17(28-22-18)12-23-7-9-24(10-8-23)19(25)16-13-27-11-6-20-16;;/h2-5,16,20H,6-13H2,1H3;2*1H. The number of aromatic nitrogens is 2. The molecule has 1 aromatic heterocycles. The van der Waals surface area contributed by atoms with Gasteiger partial charge in [0.1, 0.15) is 11.8 Å². The van der Waals surface area contributed by atoms with Crippen LogP contribution in [0.1, 0.15) is 5.89 Å². The third-order valence-corrected chi connectivity index (χ3v) is 5.08. The summed E-state index contributed by atoms with van der Waals surface area (Å²) in [6, 6.07) is 7.33. The van der Waals surface area contributed by atoms with Gasteiger partial charge in [-0.3, -0.25) is 9.69 Å². The Kier molecular flexibility index (Phi) is 9.32. The normalized spacial score (nSPS) is 19.5. The van der Waals surface area contributed by atoms with Gasteiger partial charge in [-0.15, -0.1) is 24.8 Å². The quantitative estimate of drug-likeness (QED) is 0.713. The summed E-state index contributed by atoms with van der Waals surface area (Å²) in [7, 11) is 1.63. The molecule has 0 radical (unpaired) electrons. The van der Waals surface area contributed by atoms with E-state index < -0.39 is 0 Å². The lowest BCUT2D eigenvalue weighted by Gasteiger charge is -2.36. The largest absolute Gasteiger partial charge is 0.497 e. The highest BCUT2D eigenvalue weighted by atomic mass is 35.5. The summed E-state index contributed by atoms with van der Waals surface area (Å²) in [5.41, 5.74) is 0.883. The summed E-state index contributed by atoms with van der Waals surface area (Å²) >= 11 is 0. The SMILES string of the molecule is COc1ccc(-c2noc(CN3CCN(C(=O)C4COCCN4)CC3)n2)cc1.Cl.Cl. The molecule has 1 unspecified atom stereocenters. The van der Waals surface area contributed by atoms with E-state index >= 15 is 0 Å². The molecule has 0 bridgehead atoms. The van der Waals surface area contributed by atoms with E-state index in [2.05, 4.69) is 20.4 Å². The summed E-state index contributed by atoms with van der Waals surface area (Å²) in [4.78, 5) is 21.2. The van der Waals surface area contributed by atoms with Crippen LogP contribution >= 0.6 is 24.8 Å². The van der Waals surface area contributed by atoms with E-state index in [9.17, 15) is 4.79 Å². The molecular weight excluding hydrogens is 433 g/mol. The summed E-state index contributed by atoms with van der Waals surface area (Å²) in [5, 5.41) is 7.29. The number of carbonyl (C=O) groups excluding carboxylic acids is 1. The number of rotatable bonds is 5. The number of ether oxygens (including phenoxy) is 2. The zero-order valence-corrected chi connectivity index (χ0v) is 18.4. The first kappa shape index (κ1) is 24.4. The third kappa shape index (κ3) is 5.83. The van der Waals surface area contributed by atoms with Crippen molar-refractivity contribution in [2.24, 2.45) is 0 Å². The molecular formula is C19H27Cl2N5O4. The van der Waals surface area contributed by atoms with Crippen LogP contribution in [0.15, 0.2) is 28.8 Å². The van der Waals surface area contributed by atoms with Gasteiger partial charge in [0.05, 0.1) is 26.9 Å². The average Bonchev–Trinajstić information content (AvgIpc) is 3.23. The van der Waals surface area contributed by atoms with Gasteiger partial charge in [0, 0.05) is 38.3 Å². The van der Waals surface area contributed by atoms with E-state index in [0.29, 0.717) is 44.6 Å². The number of halogens is 2. The molecule has 2 aromatic rings. The maximum Gasteiger partial charge on any atom is 0.242 e. The number of morpholine rings is 1. The molecule has 0 aliphatic carbocycles. The van der Waals surface area contributed by atoms with Gasteiger partial charge in [-0.1, -0.05) is 5.16 Å². The summed E-state index contributed by atoms with van der Waals surface area (Å²) < 4.78 is 16.0. The molecule has 2 saturated heterocycles. The number of hydrogen-bond acceptors (Lipinski definition) is 8. The fourth-order valence-electron chi connectivity index (χ4n) is 3.44. The van der Waals surface area contributed by atoms with Gasteiger partial charge in [-0.25, -0.2) is 0 Å². The summed E-state index contributed by atoms with van der Waals surface area (Å²) in [5.74, 6) is 2.05. The molecule has 1 amide bonds. The number of nitrogens with zero attached hydrogens (tertiary/aromatic N) is 4. The van der Waals surface area contributed by atoms with Crippen LogP contribution in [0.2, 0.25) is 0 Å². The molecule has 1 atom stereocenters. The van der Waals surface area contributed by atoms with Crippen molar-refractivity contribution in [2.45, 2.75) is 12.6 Å². The number of hydrogen-bond donors (Lipinski definition) is 1. The molecule has 30 heavy (non-hydrogen) atoms. The van der Waals surface area contributed by atoms with Crippen LogP contribution in [0.3, 0.4) is 0 Å². The lowest BCUT2D eigenvalue weighted by molar-refractivity contribution is -0.138. The van der Waals surface area contributed by atoms with Crippen molar-refractivity contribution in [1.82, 2.24) is 25.3 Å². The smallest absolute Gasteiger partial charge is 0.242 e. The zero-order chi connectivity index (χ0) is 19.3. The molecule has 166 valence electrons. The van der Waals surface area contributed by atoms with E-state index in [4.69, 9.17) is 14.0 Å². The Morgan fingerprint density at radius 2 is 1.93 bits per heavy atom. The first-order valence-corrected chi connectivity index (χ1v) is 9.52. The maximum atomic E-state index is 12.5. The Balaban J connectivity index is 0.00000160. The first-order valence-electron chi connectivity index (χ1n) is 9.52. The third-order valence-electron chi connectivity index (χ3n) is 5.08. The predicted molar refractivity (Wildman–Crippen MR) is 115 cm³/mol. The molecule has 1 N–H and O–H groups in total. The number of benzene rings is 1. The van der Waals surface area contributed by atoms with Crippen LogP contribution < -0.4 is 10.1 Å². The highest BCUT2D eigenvalue weighted by Crippen LogP contribution is 2.20. The highest BCUT2D eigenvalue weighted by Gasteiger charge is 2.29. The number of piperazine rings is 1. The average molecular weight is 460 g/mol. The second kappa shape index (κ2) is 11.5. The van der Waals surface area contributed by atoms with Gasteiger partial charge in [-0.2, -0.15) is 4.98 Å². The minimum atomic E-state index is -0.219. The predicted octanol–water partition coefficient (Wildman–Crippen LogP) is 1.22.